The number of rotatable bonds is 3. The van der Waals surface area contributed by atoms with Crippen LogP contribution in [0.3, 0.4) is 0 Å². The maximum Gasteiger partial charge on any atom is 0.356 e. The van der Waals surface area contributed by atoms with Gasteiger partial charge in [0.05, 0.1) is 18.4 Å². The minimum Gasteiger partial charge on any atom is -0.464 e. The van der Waals surface area contributed by atoms with Gasteiger partial charge in [0, 0.05) is 20.2 Å². The van der Waals surface area contributed by atoms with Crippen LogP contribution in [-0.2, 0) is 9.47 Å². The van der Waals surface area contributed by atoms with Crippen molar-refractivity contribution in [1.29, 1.82) is 0 Å². The molecule has 6 nitrogen and oxygen atoms in total. The summed E-state index contributed by atoms with van der Waals surface area (Å²) in [5.74, 6) is 0.161. The summed E-state index contributed by atoms with van der Waals surface area (Å²) in [6.07, 6.45) is 1.99. The predicted octanol–water partition coefficient (Wildman–Crippen LogP) is 1.46. The Balaban J connectivity index is 2.29. The van der Waals surface area contributed by atoms with Gasteiger partial charge in [-0.1, -0.05) is 0 Å². The molecule has 2 heterocycles. The lowest BCUT2D eigenvalue weighted by atomic mass is 9.94. The molecule has 0 saturated carbocycles. The molecular formula is C14H21N3O3. The molecule has 0 spiro atoms. The van der Waals surface area contributed by atoms with E-state index < -0.39 is 5.97 Å². The standard InChI is InChI=1S/C14H21N3O3/c1-14(20-3)7-4-8-17(9-14)12-10(15)5-6-11(16-12)13(18)19-2/h5-6H,4,7-9,15H2,1-3H3. The van der Waals surface area contributed by atoms with Gasteiger partial charge in [0.1, 0.15) is 0 Å². The number of nitrogens with zero attached hydrogens (tertiary/aromatic N) is 2. The molecule has 2 N–H and O–H groups in total. The average Bonchev–Trinajstić information content (AvgIpc) is 2.47. The van der Waals surface area contributed by atoms with Gasteiger partial charge in [0.25, 0.3) is 0 Å². The first-order valence-electron chi connectivity index (χ1n) is 6.64. The van der Waals surface area contributed by atoms with E-state index in [1.54, 1.807) is 19.2 Å². The Hall–Kier alpha value is -1.82. The lowest BCUT2D eigenvalue weighted by Crippen LogP contribution is -2.48. The van der Waals surface area contributed by atoms with E-state index >= 15 is 0 Å². The number of hydrogen-bond acceptors (Lipinski definition) is 6. The quantitative estimate of drug-likeness (QED) is 0.844. The summed E-state index contributed by atoms with van der Waals surface area (Å²) in [5, 5.41) is 0. The van der Waals surface area contributed by atoms with Crippen LogP contribution in [0.4, 0.5) is 11.5 Å². The zero-order valence-corrected chi connectivity index (χ0v) is 12.2. The van der Waals surface area contributed by atoms with Crippen molar-refractivity contribution in [3.8, 4) is 0 Å². The third-order valence-corrected chi connectivity index (χ3v) is 3.75. The Morgan fingerprint density at radius 2 is 2.20 bits per heavy atom. The number of hydrogen-bond donors (Lipinski definition) is 1. The fourth-order valence-corrected chi connectivity index (χ4v) is 2.48. The highest BCUT2D eigenvalue weighted by molar-refractivity contribution is 5.88. The van der Waals surface area contributed by atoms with Crippen molar-refractivity contribution in [3.63, 3.8) is 0 Å². The summed E-state index contributed by atoms with van der Waals surface area (Å²) in [7, 11) is 3.05. The van der Waals surface area contributed by atoms with Crippen molar-refractivity contribution in [2.45, 2.75) is 25.4 Å². The molecule has 1 unspecified atom stereocenters. The second-order valence-corrected chi connectivity index (χ2v) is 5.28. The third-order valence-electron chi connectivity index (χ3n) is 3.75. The number of ether oxygens (including phenoxy) is 2. The van der Waals surface area contributed by atoms with E-state index in [4.69, 9.17) is 15.2 Å². The summed E-state index contributed by atoms with van der Waals surface area (Å²) < 4.78 is 10.3. The van der Waals surface area contributed by atoms with Crippen LogP contribution in [0.1, 0.15) is 30.3 Å². The predicted molar refractivity (Wildman–Crippen MR) is 76.8 cm³/mol. The lowest BCUT2D eigenvalue weighted by molar-refractivity contribution is -0.00478. The molecule has 20 heavy (non-hydrogen) atoms. The van der Waals surface area contributed by atoms with E-state index in [1.807, 2.05) is 0 Å². The van der Waals surface area contributed by atoms with E-state index in [0.29, 0.717) is 18.1 Å². The maximum atomic E-state index is 11.6. The number of piperidine rings is 1. The largest absolute Gasteiger partial charge is 0.464 e. The van der Waals surface area contributed by atoms with Gasteiger partial charge in [-0.05, 0) is 31.9 Å². The molecule has 1 fully saturated rings. The van der Waals surface area contributed by atoms with E-state index in [1.165, 1.54) is 7.11 Å². The highest BCUT2D eigenvalue weighted by Gasteiger charge is 2.32. The Labute approximate surface area is 118 Å². The zero-order valence-electron chi connectivity index (χ0n) is 12.2. The first-order valence-corrected chi connectivity index (χ1v) is 6.64. The fraction of sp³-hybridized carbons (Fsp3) is 0.571. The second-order valence-electron chi connectivity index (χ2n) is 5.28. The molecule has 0 bridgehead atoms. The number of aromatic nitrogens is 1. The second kappa shape index (κ2) is 5.66. The van der Waals surface area contributed by atoms with Gasteiger partial charge in [-0.2, -0.15) is 0 Å². The van der Waals surface area contributed by atoms with E-state index in [2.05, 4.69) is 16.8 Å². The van der Waals surface area contributed by atoms with Gasteiger partial charge in [-0.25, -0.2) is 9.78 Å². The topological polar surface area (TPSA) is 77.7 Å². The Morgan fingerprint density at radius 1 is 1.45 bits per heavy atom. The SMILES string of the molecule is COC(=O)c1ccc(N)c(N2CCCC(C)(OC)C2)n1. The molecule has 1 aliphatic rings. The molecule has 1 atom stereocenters. The van der Waals surface area contributed by atoms with Crippen LogP contribution in [0.25, 0.3) is 0 Å². The molecule has 1 aliphatic heterocycles. The van der Waals surface area contributed by atoms with Gasteiger partial charge >= 0.3 is 5.97 Å². The fourth-order valence-electron chi connectivity index (χ4n) is 2.48. The van der Waals surface area contributed by atoms with Crippen molar-refractivity contribution < 1.29 is 14.3 Å². The van der Waals surface area contributed by atoms with Crippen LogP contribution in [-0.4, -0.2) is 43.9 Å². The van der Waals surface area contributed by atoms with Gasteiger partial charge in [-0.3, -0.25) is 0 Å². The monoisotopic (exact) mass is 279 g/mol. The first-order chi connectivity index (χ1) is 9.49. The van der Waals surface area contributed by atoms with Crippen LogP contribution >= 0.6 is 0 Å². The van der Waals surface area contributed by atoms with Crippen molar-refractivity contribution >= 4 is 17.5 Å². The van der Waals surface area contributed by atoms with Gasteiger partial charge in [0.15, 0.2) is 11.5 Å². The molecule has 0 radical (unpaired) electrons. The summed E-state index contributed by atoms with van der Waals surface area (Å²) >= 11 is 0. The number of carbonyl (C=O) groups excluding carboxylic acids is 1. The number of anilines is 2. The summed E-state index contributed by atoms with van der Waals surface area (Å²) in [4.78, 5) is 18.0. The van der Waals surface area contributed by atoms with Gasteiger partial charge in [-0.15, -0.1) is 0 Å². The van der Waals surface area contributed by atoms with Crippen LogP contribution in [0.15, 0.2) is 12.1 Å². The highest BCUT2D eigenvalue weighted by Crippen LogP contribution is 2.30. The third kappa shape index (κ3) is 2.85. The Kier molecular flexibility index (Phi) is 4.13. The maximum absolute atomic E-state index is 11.6. The molecule has 0 amide bonds. The van der Waals surface area contributed by atoms with E-state index in [-0.39, 0.29) is 11.3 Å². The smallest absolute Gasteiger partial charge is 0.356 e. The zero-order chi connectivity index (χ0) is 14.8. The number of nitrogen functional groups attached to an aromatic ring is 1. The first kappa shape index (κ1) is 14.6. The van der Waals surface area contributed by atoms with Crippen molar-refractivity contribution in [3.05, 3.63) is 17.8 Å². The van der Waals surface area contributed by atoms with Gasteiger partial charge in [0.2, 0.25) is 0 Å². The summed E-state index contributed by atoms with van der Waals surface area (Å²) in [5.41, 5.74) is 6.60. The number of esters is 1. The number of nitrogens with two attached hydrogens (primary N) is 1. The van der Waals surface area contributed by atoms with Gasteiger partial charge < -0.3 is 20.1 Å². The molecule has 110 valence electrons. The number of pyridine rings is 1. The Bertz CT molecular complexity index is 506. The molecular weight excluding hydrogens is 258 g/mol. The molecule has 2 rings (SSSR count). The average molecular weight is 279 g/mol. The highest BCUT2D eigenvalue weighted by atomic mass is 16.5. The molecule has 0 aliphatic carbocycles. The van der Waals surface area contributed by atoms with Crippen LogP contribution in [0.5, 0.6) is 0 Å². The van der Waals surface area contributed by atoms with Crippen molar-refractivity contribution in [2.75, 3.05) is 37.9 Å². The lowest BCUT2D eigenvalue weighted by Gasteiger charge is -2.40. The summed E-state index contributed by atoms with van der Waals surface area (Å²) in [6, 6.07) is 3.26. The molecule has 1 aromatic heterocycles. The molecule has 1 aromatic rings. The minimum absolute atomic E-state index is 0.215. The molecule has 0 aromatic carbocycles. The van der Waals surface area contributed by atoms with Crippen molar-refractivity contribution in [1.82, 2.24) is 4.98 Å². The van der Waals surface area contributed by atoms with Crippen LogP contribution < -0.4 is 10.6 Å². The van der Waals surface area contributed by atoms with Crippen LogP contribution in [0.2, 0.25) is 0 Å². The normalized spacial score (nSPS) is 22.6. The van der Waals surface area contributed by atoms with E-state index in [0.717, 1.165) is 19.4 Å². The molecule has 6 heteroatoms. The minimum atomic E-state index is -0.460. The van der Waals surface area contributed by atoms with Crippen molar-refractivity contribution in [2.24, 2.45) is 0 Å². The summed E-state index contributed by atoms with van der Waals surface area (Å²) in [6.45, 7) is 3.62. The van der Waals surface area contributed by atoms with Crippen LogP contribution in [0, 0.1) is 0 Å². The number of carbonyl (C=O) groups is 1. The number of methoxy groups -OCH3 is 2. The Morgan fingerprint density at radius 3 is 2.85 bits per heavy atom. The molecule has 1 saturated heterocycles. The van der Waals surface area contributed by atoms with E-state index in [9.17, 15) is 4.79 Å².